The third-order valence-corrected chi connectivity index (χ3v) is 3.14. The number of hydrogen-bond acceptors (Lipinski definition) is 4. The van der Waals surface area contributed by atoms with Crippen LogP contribution in [0.1, 0.15) is 18.5 Å². The van der Waals surface area contributed by atoms with E-state index in [4.69, 9.17) is 4.74 Å². The zero-order chi connectivity index (χ0) is 15.4. The van der Waals surface area contributed by atoms with Crippen LogP contribution in [0.15, 0.2) is 42.5 Å². The summed E-state index contributed by atoms with van der Waals surface area (Å²) in [7, 11) is 1.49. The lowest BCUT2D eigenvalue weighted by atomic mass is 10.1. The molecule has 0 saturated carbocycles. The van der Waals surface area contributed by atoms with Crippen LogP contribution in [-0.4, -0.2) is 12.0 Å². The van der Waals surface area contributed by atoms with Gasteiger partial charge in [-0.25, -0.2) is 4.39 Å². The predicted molar refractivity (Wildman–Crippen MR) is 78.1 cm³/mol. The predicted octanol–water partition coefficient (Wildman–Crippen LogP) is 3.92. The van der Waals surface area contributed by atoms with E-state index in [1.165, 1.54) is 31.4 Å². The van der Waals surface area contributed by atoms with Crippen LogP contribution in [0.25, 0.3) is 0 Å². The fourth-order valence-corrected chi connectivity index (χ4v) is 1.98. The van der Waals surface area contributed by atoms with Crippen molar-refractivity contribution in [2.24, 2.45) is 0 Å². The maximum Gasteiger partial charge on any atom is 0.292 e. The van der Waals surface area contributed by atoms with Gasteiger partial charge in [0.2, 0.25) is 0 Å². The molecular weight excluding hydrogens is 275 g/mol. The van der Waals surface area contributed by atoms with Crippen molar-refractivity contribution in [1.82, 2.24) is 0 Å². The van der Waals surface area contributed by atoms with Crippen molar-refractivity contribution in [2.45, 2.75) is 13.0 Å². The molecule has 0 aliphatic heterocycles. The molecule has 0 spiro atoms. The molecule has 21 heavy (non-hydrogen) atoms. The molecular formula is C15H15FN2O3. The summed E-state index contributed by atoms with van der Waals surface area (Å²) in [6.07, 6.45) is 0. The lowest BCUT2D eigenvalue weighted by Gasteiger charge is -2.16. The highest BCUT2D eigenvalue weighted by molar-refractivity contribution is 5.65. The quantitative estimate of drug-likeness (QED) is 0.669. The van der Waals surface area contributed by atoms with Gasteiger partial charge in [0.25, 0.3) is 5.69 Å². The summed E-state index contributed by atoms with van der Waals surface area (Å²) in [6.45, 7) is 1.84. The zero-order valence-electron chi connectivity index (χ0n) is 11.7. The largest absolute Gasteiger partial charge is 0.497 e. The van der Waals surface area contributed by atoms with Crippen LogP contribution in [-0.2, 0) is 0 Å². The highest BCUT2D eigenvalue weighted by atomic mass is 19.1. The summed E-state index contributed by atoms with van der Waals surface area (Å²) < 4.78 is 18.0. The Labute approximate surface area is 121 Å². The van der Waals surface area contributed by atoms with Gasteiger partial charge in [-0.05, 0) is 30.7 Å². The SMILES string of the molecule is COc1ccc([N+](=O)[O-])c(NC(C)c2ccc(F)cc2)c1. The van der Waals surface area contributed by atoms with Gasteiger partial charge in [-0.15, -0.1) is 0 Å². The Morgan fingerprint density at radius 3 is 2.48 bits per heavy atom. The van der Waals surface area contributed by atoms with Crippen LogP contribution in [0.5, 0.6) is 5.75 Å². The number of anilines is 1. The Kier molecular flexibility index (Phi) is 4.37. The minimum absolute atomic E-state index is 0.0373. The van der Waals surface area contributed by atoms with Gasteiger partial charge < -0.3 is 10.1 Å². The Bertz CT molecular complexity index is 644. The molecule has 0 bridgehead atoms. The van der Waals surface area contributed by atoms with Gasteiger partial charge in [-0.3, -0.25) is 10.1 Å². The number of hydrogen-bond donors (Lipinski definition) is 1. The van der Waals surface area contributed by atoms with Crippen molar-refractivity contribution >= 4 is 11.4 Å². The van der Waals surface area contributed by atoms with Crippen LogP contribution in [0.3, 0.4) is 0 Å². The number of methoxy groups -OCH3 is 1. The van der Waals surface area contributed by atoms with E-state index in [-0.39, 0.29) is 17.5 Å². The molecule has 0 fully saturated rings. The second-order valence-corrected chi connectivity index (χ2v) is 4.56. The number of nitro groups is 1. The van der Waals surface area contributed by atoms with Gasteiger partial charge in [0.1, 0.15) is 17.3 Å². The first-order valence-electron chi connectivity index (χ1n) is 6.35. The number of nitro benzene ring substituents is 1. The van der Waals surface area contributed by atoms with Gasteiger partial charge in [0.05, 0.1) is 12.0 Å². The van der Waals surface area contributed by atoms with E-state index >= 15 is 0 Å². The van der Waals surface area contributed by atoms with Gasteiger partial charge in [-0.1, -0.05) is 12.1 Å². The van der Waals surface area contributed by atoms with Crippen molar-refractivity contribution in [2.75, 3.05) is 12.4 Å². The lowest BCUT2D eigenvalue weighted by molar-refractivity contribution is -0.384. The van der Waals surface area contributed by atoms with E-state index < -0.39 is 4.92 Å². The van der Waals surface area contributed by atoms with Gasteiger partial charge in [0.15, 0.2) is 0 Å². The van der Waals surface area contributed by atoms with Gasteiger partial charge >= 0.3 is 0 Å². The van der Waals surface area contributed by atoms with Gasteiger partial charge in [-0.2, -0.15) is 0 Å². The molecule has 2 rings (SSSR count). The smallest absolute Gasteiger partial charge is 0.292 e. The number of benzene rings is 2. The van der Waals surface area contributed by atoms with Crippen molar-refractivity contribution < 1.29 is 14.1 Å². The second-order valence-electron chi connectivity index (χ2n) is 4.56. The van der Waals surface area contributed by atoms with Crippen LogP contribution in [0.2, 0.25) is 0 Å². The Hall–Kier alpha value is -2.63. The van der Waals surface area contributed by atoms with Crippen molar-refractivity contribution in [3.63, 3.8) is 0 Å². The first-order chi connectivity index (χ1) is 10.0. The number of nitrogens with zero attached hydrogens (tertiary/aromatic N) is 1. The van der Waals surface area contributed by atoms with Crippen molar-refractivity contribution in [3.8, 4) is 5.75 Å². The Morgan fingerprint density at radius 2 is 1.90 bits per heavy atom. The fourth-order valence-electron chi connectivity index (χ4n) is 1.98. The average Bonchev–Trinajstić information content (AvgIpc) is 2.47. The van der Waals surface area contributed by atoms with Crippen molar-refractivity contribution in [3.05, 3.63) is 64.0 Å². The molecule has 2 aromatic rings. The van der Waals surface area contributed by atoms with Crippen LogP contribution in [0, 0.1) is 15.9 Å². The molecule has 2 aromatic carbocycles. The lowest BCUT2D eigenvalue weighted by Crippen LogP contribution is -2.08. The van der Waals surface area contributed by atoms with E-state index in [9.17, 15) is 14.5 Å². The van der Waals surface area contributed by atoms with E-state index in [1.54, 1.807) is 18.2 Å². The second kappa shape index (κ2) is 6.21. The third kappa shape index (κ3) is 3.47. The highest BCUT2D eigenvalue weighted by Gasteiger charge is 2.17. The summed E-state index contributed by atoms with van der Waals surface area (Å²) in [6, 6.07) is 10.3. The number of halogens is 1. The van der Waals surface area contributed by atoms with Crippen molar-refractivity contribution in [1.29, 1.82) is 0 Å². The van der Waals surface area contributed by atoms with Crippen LogP contribution < -0.4 is 10.1 Å². The summed E-state index contributed by atoms with van der Waals surface area (Å²) in [5, 5.41) is 14.1. The Morgan fingerprint density at radius 1 is 1.24 bits per heavy atom. The zero-order valence-corrected chi connectivity index (χ0v) is 11.7. The maximum absolute atomic E-state index is 12.9. The molecule has 0 saturated heterocycles. The summed E-state index contributed by atoms with van der Waals surface area (Å²) in [5.41, 5.74) is 1.15. The molecule has 0 heterocycles. The number of nitrogens with one attached hydrogen (secondary N) is 1. The molecule has 0 aliphatic rings. The van der Waals surface area contributed by atoms with E-state index in [1.807, 2.05) is 6.92 Å². The molecule has 6 heteroatoms. The maximum atomic E-state index is 12.9. The molecule has 0 aliphatic carbocycles. The first-order valence-corrected chi connectivity index (χ1v) is 6.35. The third-order valence-electron chi connectivity index (χ3n) is 3.14. The molecule has 0 aromatic heterocycles. The van der Waals surface area contributed by atoms with E-state index in [0.29, 0.717) is 11.4 Å². The standard InChI is InChI=1S/C15H15FN2O3/c1-10(11-3-5-12(16)6-4-11)17-14-9-13(21-2)7-8-15(14)18(19)20/h3-10,17H,1-2H3. The first kappa shape index (κ1) is 14.8. The summed E-state index contributed by atoms with van der Waals surface area (Å²) in [5.74, 6) is 0.202. The number of ether oxygens (including phenoxy) is 1. The molecule has 110 valence electrons. The molecule has 0 amide bonds. The topological polar surface area (TPSA) is 64.4 Å². The molecule has 5 nitrogen and oxygen atoms in total. The van der Waals surface area contributed by atoms with Gasteiger partial charge in [0, 0.05) is 18.2 Å². The molecule has 1 unspecified atom stereocenters. The van der Waals surface area contributed by atoms with E-state index in [2.05, 4.69) is 5.32 Å². The minimum atomic E-state index is -0.459. The summed E-state index contributed by atoms with van der Waals surface area (Å²) >= 11 is 0. The Balaban J connectivity index is 2.28. The molecule has 1 atom stereocenters. The highest BCUT2D eigenvalue weighted by Crippen LogP contribution is 2.31. The summed E-state index contributed by atoms with van der Waals surface area (Å²) in [4.78, 5) is 10.6. The average molecular weight is 290 g/mol. The van der Waals surface area contributed by atoms with E-state index in [0.717, 1.165) is 5.56 Å². The molecule has 0 radical (unpaired) electrons. The molecule has 1 N–H and O–H groups in total. The monoisotopic (exact) mass is 290 g/mol. The number of rotatable bonds is 5. The fraction of sp³-hybridized carbons (Fsp3) is 0.200. The van der Waals surface area contributed by atoms with Crippen LogP contribution in [0.4, 0.5) is 15.8 Å². The minimum Gasteiger partial charge on any atom is -0.497 e. The van der Waals surface area contributed by atoms with Crippen LogP contribution >= 0.6 is 0 Å². The normalized spacial score (nSPS) is 11.8.